The molecule has 4 aliphatic heterocycles. The third kappa shape index (κ3) is 15.7. The minimum Gasteiger partial charge on any atom is -0.475 e. The molecule has 0 aromatic rings. The summed E-state index contributed by atoms with van der Waals surface area (Å²) in [6.07, 6.45) is 34.5. The van der Waals surface area contributed by atoms with Crippen LogP contribution in [0, 0.1) is 114 Å². The summed E-state index contributed by atoms with van der Waals surface area (Å²) in [6.45, 7) is 36.1. The highest BCUT2D eigenvalue weighted by atomic mass is 16.6. The number of aliphatic imine (C=N–C) groups is 4. The van der Waals surface area contributed by atoms with Gasteiger partial charge in [-0.2, -0.15) is 0 Å². The molecule has 0 unspecified atom stereocenters. The first-order valence-electron chi connectivity index (χ1n) is 48.3. The molecule has 0 radical (unpaired) electrons. The molecule has 20 rings (SSSR count). The van der Waals surface area contributed by atoms with Crippen molar-refractivity contribution in [2.45, 2.75) is 355 Å². The molecular formula is C108H156N4O22. The largest absolute Gasteiger partial charge is 0.475 e. The fourth-order valence-corrected chi connectivity index (χ4v) is 32.1. The molecule has 134 heavy (non-hydrogen) atoms. The van der Waals surface area contributed by atoms with Crippen LogP contribution in [0.5, 0.6) is 0 Å². The minimum absolute atomic E-state index is 0. The SMILES string of the molecule is C.C.C.C.CC.CC.CC(=O)OCC(=O)[C@@]12N=C(C)O[C@@H]1C[C@H]1[C@@H]3CCC4=CC(=O)C=C[C@]4(C)[C@H]3[C@@H](O)C[C@@]12C.CC(=O)OCC(=O)[C@@]12N=C(C)O[C@@H]1C[C@H]1[C@@H]3CCC4=CC(=O)C=C[C@]4(C)[C@H]3[C@@H](O)C[C@@]12C.CC(=O)OCC(=O)[C@@]12N=C(C)O[C@@H]1C[C@H]1[C@@H]3CCC4=CCC=C[C@]4(C)[C@H]3[C@@H](O)C[C@@]12C.CC(=O)OCC(=O)[C@@]12N=C(C)O[C@@H]1C[C@H]1[C@@H]3CCC4=CCC=C[C@]4(C)[C@H]3[C@@H](O)C[C@@]12C. The summed E-state index contributed by atoms with van der Waals surface area (Å²) in [6, 6.07) is 0. The van der Waals surface area contributed by atoms with Gasteiger partial charge in [0.1, 0.15) is 24.4 Å². The maximum absolute atomic E-state index is 13.6. The molecule has 0 bridgehead atoms. The zero-order chi connectivity index (χ0) is 94.5. The van der Waals surface area contributed by atoms with Crippen LogP contribution in [-0.4, -0.2) is 200 Å². The lowest BCUT2D eigenvalue weighted by atomic mass is 9.46. The van der Waals surface area contributed by atoms with Gasteiger partial charge in [0.05, 0.1) is 24.4 Å². The Morgan fingerprint density at radius 3 is 0.799 bits per heavy atom. The summed E-state index contributed by atoms with van der Waals surface area (Å²) in [4.78, 5) is 143. The van der Waals surface area contributed by atoms with Gasteiger partial charge in [-0.15, -0.1) is 0 Å². The van der Waals surface area contributed by atoms with E-state index in [4.69, 9.17) is 57.9 Å². The first-order valence-corrected chi connectivity index (χ1v) is 48.3. The fourth-order valence-electron chi connectivity index (χ4n) is 32.1. The van der Waals surface area contributed by atoms with Crippen LogP contribution in [0.1, 0.15) is 284 Å². The van der Waals surface area contributed by atoms with Crippen molar-refractivity contribution in [3.8, 4) is 0 Å². The van der Waals surface area contributed by atoms with Crippen LogP contribution >= 0.6 is 0 Å². The van der Waals surface area contributed by atoms with Crippen LogP contribution in [0.25, 0.3) is 0 Å². The molecule has 0 saturated heterocycles. The number of ether oxygens (including phenoxy) is 8. The van der Waals surface area contributed by atoms with Crippen LogP contribution in [0.4, 0.5) is 0 Å². The second kappa shape index (κ2) is 38.0. The molecule has 740 valence electrons. The van der Waals surface area contributed by atoms with Crippen molar-refractivity contribution >= 4 is 82.2 Å². The minimum atomic E-state index is -1.15. The summed E-state index contributed by atoms with van der Waals surface area (Å²) in [7, 11) is 0. The van der Waals surface area contributed by atoms with Crippen molar-refractivity contribution in [3.05, 3.63) is 95.2 Å². The molecule has 0 aromatic heterocycles. The molecule has 20 aliphatic rings. The Bertz CT molecular complexity index is 4750. The molecule has 16 aliphatic carbocycles. The molecule has 26 nitrogen and oxygen atoms in total. The van der Waals surface area contributed by atoms with Crippen LogP contribution in [0.15, 0.2) is 115 Å². The number of ketones is 6. The van der Waals surface area contributed by atoms with Gasteiger partial charge in [0.15, 0.2) is 83.7 Å². The lowest BCUT2D eigenvalue weighted by Gasteiger charge is -2.59. The molecule has 12 saturated carbocycles. The van der Waals surface area contributed by atoms with E-state index in [1.54, 1.807) is 52.0 Å². The number of Topliss-reactive ketones (excluding diaryl/α,β-unsaturated/α-hetero) is 4. The van der Waals surface area contributed by atoms with Crippen molar-refractivity contribution in [1.29, 1.82) is 0 Å². The van der Waals surface area contributed by atoms with Crippen LogP contribution in [0.2, 0.25) is 0 Å². The molecule has 12 fully saturated rings. The van der Waals surface area contributed by atoms with Crippen LogP contribution < -0.4 is 0 Å². The third-order valence-electron chi connectivity index (χ3n) is 36.8. The molecule has 4 heterocycles. The highest BCUT2D eigenvalue weighted by Gasteiger charge is 2.80. The number of carbonyl (C=O) groups excluding carboxylic acids is 10. The van der Waals surface area contributed by atoms with Crippen molar-refractivity contribution in [2.75, 3.05) is 26.4 Å². The summed E-state index contributed by atoms with van der Waals surface area (Å²) in [5.74, 6) is 0.904. The number of hydrogen-bond acceptors (Lipinski definition) is 26. The Labute approximate surface area is 794 Å². The van der Waals surface area contributed by atoms with Gasteiger partial charge in [-0.25, -0.2) is 20.0 Å². The Morgan fingerprint density at radius 1 is 0.358 bits per heavy atom. The number of carbonyl (C=O) groups is 10. The van der Waals surface area contributed by atoms with E-state index in [0.717, 1.165) is 88.2 Å². The molecule has 0 aromatic carbocycles. The predicted octanol–water partition coefficient (Wildman–Crippen LogP) is 16.5. The molecule has 26 heteroatoms. The molecule has 0 spiro atoms. The van der Waals surface area contributed by atoms with Gasteiger partial charge in [0, 0.05) is 122 Å². The van der Waals surface area contributed by atoms with Gasteiger partial charge >= 0.3 is 23.9 Å². The smallest absolute Gasteiger partial charge is 0.303 e. The summed E-state index contributed by atoms with van der Waals surface area (Å²) >= 11 is 0. The topological polar surface area (TPSA) is 375 Å². The Balaban J connectivity index is 0.000000168. The number of aliphatic hydroxyl groups is 4. The van der Waals surface area contributed by atoms with E-state index in [-0.39, 0.29) is 184 Å². The first-order chi connectivity index (χ1) is 61.3. The predicted molar refractivity (Wildman–Crippen MR) is 512 cm³/mol. The van der Waals surface area contributed by atoms with Gasteiger partial charge in [-0.3, -0.25) is 47.9 Å². The van der Waals surface area contributed by atoms with Gasteiger partial charge in [-0.1, -0.05) is 184 Å². The van der Waals surface area contributed by atoms with E-state index in [2.05, 4.69) is 91.8 Å². The average Bonchev–Trinajstić information content (AvgIpc) is 1.52. The van der Waals surface area contributed by atoms with Crippen molar-refractivity contribution in [3.63, 3.8) is 0 Å². The summed E-state index contributed by atoms with van der Waals surface area (Å²) in [5, 5.41) is 46.3. The molecule has 32 atom stereocenters. The van der Waals surface area contributed by atoms with Gasteiger partial charge in [0.2, 0.25) is 23.1 Å². The van der Waals surface area contributed by atoms with E-state index < -0.39 is 104 Å². The number of esters is 4. The van der Waals surface area contributed by atoms with Gasteiger partial charge in [-0.05, 0) is 187 Å². The zero-order valence-corrected chi connectivity index (χ0v) is 80.0. The Morgan fingerprint density at radius 2 is 0.575 bits per heavy atom. The fraction of sp³-hybridized carbons (Fsp3) is 0.722. The van der Waals surface area contributed by atoms with E-state index in [1.165, 1.54) is 38.8 Å². The number of hydrogen-bond donors (Lipinski definition) is 4. The highest BCUT2D eigenvalue weighted by molar-refractivity contribution is 6.03. The Kier molecular flexibility index (Phi) is 30.1. The number of rotatable bonds is 12. The maximum atomic E-state index is 13.6. The highest BCUT2D eigenvalue weighted by Crippen LogP contribution is 2.75. The molecule has 4 N–H and O–H groups in total. The summed E-state index contributed by atoms with van der Waals surface area (Å²) < 4.78 is 44.7. The normalized spacial score (nSPS) is 44.0. The summed E-state index contributed by atoms with van der Waals surface area (Å²) in [5.41, 5.74) is -2.72. The number of allylic oxidation sites excluding steroid dienone is 16. The van der Waals surface area contributed by atoms with Crippen molar-refractivity contribution < 1.29 is 106 Å². The number of aliphatic hydroxyl groups excluding tert-OH is 4. The zero-order valence-electron chi connectivity index (χ0n) is 80.0. The second-order valence-electron chi connectivity index (χ2n) is 42.5. The second-order valence-corrected chi connectivity index (χ2v) is 42.5. The lowest BCUT2D eigenvalue weighted by molar-refractivity contribution is -0.155. The van der Waals surface area contributed by atoms with Crippen LogP contribution in [0.3, 0.4) is 0 Å². The monoisotopic (exact) mass is 1860 g/mol. The molecule has 0 amide bonds. The van der Waals surface area contributed by atoms with Gasteiger partial charge in [0.25, 0.3) is 0 Å². The number of nitrogens with zero attached hydrogens (tertiary/aromatic N) is 4. The van der Waals surface area contributed by atoms with E-state index in [9.17, 15) is 68.4 Å². The third-order valence-corrected chi connectivity index (χ3v) is 36.8. The quantitative estimate of drug-likeness (QED) is 0.0801. The van der Waals surface area contributed by atoms with Crippen molar-refractivity contribution in [1.82, 2.24) is 0 Å². The molecular weight excluding hydrogens is 1710 g/mol. The van der Waals surface area contributed by atoms with Crippen molar-refractivity contribution in [2.24, 2.45) is 134 Å². The lowest BCUT2D eigenvalue weighted by Crippen LogP contribution is -2.62. The first kappa shape index (κ1) is 106. The maximum Gasteiger partial charge on any atom is 0.303 e. The van der Waals surface area contributed by atoms with E-state index >= 15 is 0 Å². The Hall–Kier alpha value is -8.46. The van der Waals surface area contributed by atoms with Crippen LogP contribution in [-0.2, 0) is 85.8 Å². The van der Waals surface area contributed by atoms with E-state index in [1.807, 2.05) is 39.8 Å². The standard InChI is InChI=1S/2C25H31NO6.2C25H33NO5.2C2H6.4CH4/c2*1-13-26-25(20(30)12-31-14(2)27)21(32-13)10-18-17-6-5-15-9-16(28)7-8-23(15,3)22(17)19(29)11-24(18,25)4;2*1-14-26-25(20(29)13-30-15(2)27)21(31-14)11-18-17-9-8-16-7-5-6-10-23(16,3)22(17)19(28)12-24(18,25)4;2*1-2;;;;/h2*7-9,17-19,21-22,29H,5-6,10-12H2,1-4H3;2*6-7,10,17-19,21-22,28H,5,8-9,11-13H2,1-4H3;2*1-2H3;4*1H4/t4*17-,18-,19-,21+,22+,23-,24-,25+;;;;;;/m0000....../s1. The van der Waals surface area contributed by atoms with E-state index in [0.29, 0.717) is 74.0 Å². The number of fused-ring (bicyclic) bond motifs is 28. The average molecular weight is 1860 g/mol. The van der Waals surface area contributed by atoms with Gasteiger partial charge < -0.3 is 58.3 Å².